The quantitative estimate of drug-likeness (QED) is 0.183. The van der Waals surface area contributed by atoms with Crippen LogP contribution in [-0.2, 0) is 16.2 Å². The Kier molecular flexibility index (Phi) is 6.35. The van der Waals surface area contributed by atoms with Gasteiger partial charge in [-0.2, -0.15) is 0 Å². The monoisotopic (exact) mass is 713 g/mol. The molecule has 11 rings (SSSR count). The van der Waals surface area contributed by atoms with Gasteiger partial charge in [0.05, 0.1) is 0 Å². The van der Waals surface area contributed by atoms with Crippen LogP contribution in [0.1, 0.15) is 76.3 Å². The zero-order valence-corrected chi connectivity index (χ0v) is 32.5. The van der Waals surface area contributed by atoms with Crippen LogP contribution in [0.25, 0.3) is 66.1 Å². The minimum absolute atomic E-state index is 0.0470. The van der Waals surface area contributed by atoms with Gasteiger partial charge in [0.1, 0.15) is 22.3 Å². The van der Waals surface area contributed by atoms with E-state index in [1.54, 1.807) is 0 Å². The fraction of sp³-hybridized carbons (Fsp3) is 0.192. The van der Waals surface area contributed by atoms with E-state index in [2.05, 4.69) is 181 Å². The maximum absolute atomic E-state index is 7.03. The standard InChI is InChI=1S/C52H43NO2/c1-50(2,3)43-17-12-15-36-37-23-25-42-47(49(37)55-48(36)43)39-28-30(20-24-41(39)51(42,4)5)53(31-21-26-46-38(27-31)35-14-9-11-18-45(35)54-46)32-19-22-34-33-13-8-10-16-40(33)52(6,7)44(34)29-32/h8-29H,1-7H3. The SMILES string of the molecule is CC(C)(C)c1cccc2c1oc1c3c(ccc12)C(C)(C)c1ccc(N(c2ccc4c(c2)C(C)(C)c2ccccc2-4)c2ccc4oc5ccccc5c4c2)cc1-3. The highest BCUT2D eigenvalue weighted by molar-refractivity contribution is 6.13. The number of hydrogen-bond acceptors (Lipinski definition) is 3. The Morgan fingerprint density at radius 1 is 0.436 bits per heavy atom. The lowest BCUT2D eigenvalue weighted by Crippen LogP contribution is -2.17. The van der Waals surface area contributed by atoms with E-state index in [4.69, 9.17) is 8.83 Å². The van der Waals surface area contributed by atoms with Gasteiger partial charge < -0.3 is 13.7 Å². The molecule has 2 aliphatic rings. The molecule has 0 N–H and O–H groups in total. The first-order valence-electron chi connectivity index (χ1n) is 19.5. The van der Waals surface area contributed by atoms with Gasteiger partial charge in [-0.1, -0.05) is 133 Å². The van der Waals surface area contributed by atoms with E-state index in [9.17, 15) is 0 Å². The molecule has 0 amide bonds. The molecule has 0 saturated carbocycles. The second kappa shape index (κ2) is 10.8. The number of rotatable bonds is 3. The number of anilines is 3. The molecule has 7 aromatic carbocycles. The summed E-state index contributed by atoms with van der Waals surface area (Å²) in [6, 6.07) is 49.2. The van der Waals surface area contributed by atoms with Crippen molar-refractivity contribution in [2.45, 2.75) is 64.7 Å². The topological polar surface area (TPSA) is 29.5 Å². The molecule has 3 nitrogen and oxygen atoms in total. The third-order valence-electron chi connectivity index (χ3n) is 12.8. The van der Waals surface area contributed by atoms with Crippen molar-refractivity contribution in [3.63, 3.8) is 0 Å². The molecule has 9 aromatic rings. The molecule has 0 saturated heterocycles. The fourth-order valence-corrected chi connectivity index (χ4v) is 9.94. The lowest BCUT2D eigenvalue weighted by molar-refractivity contribution is 0.573. The smallest absolute Gasteiger partial charge is 0.143 e. The summed E-state index contributed by atoms with van der Waals surface area (Å²) in [7, 11) is 0. The highest BCUT2D eigenvalue weighted by atomic mass is 16.3. The summed E-state index contributed by atoms with van der Waals surface area (Å²) in [5, 5.41) is 4.58. The minimum atomic E-state index is -0.188. The highest BCUT2D eigenvalue weighted by Gasteiger charge is 2.39. The van der Waals surface area contributed by atoms with Gasteiger partial charge in [0.2, 0.25) is 0 Å². The van der Waals surface area contributed by atoms with Crippen molar-refractivity contribution >= 4 is 60.9 Å². The van der Waals surface area contributed by atoms with Crippen LogP contribution in [-0.4, -0.2) is 0 Å². The van der Waals surface area contributed by atoms with Crippen molar-refractivity contribution in [2.75, 3.05) is 4.90 Å². The van der Waals surface area contributed by atoms with Crippen LogP contribution in [0.4, 0.5) is 17.1 Å². The molecule has 2 aromatic heterocycles. The first kappa shape index (κ1) is 32.4. The van der Waals surface area contributed by atoms with Crippen LogP contribution in [0.2, 0.25) is 0 Å². The van der Waals surface area contributed by atoms with Crippen molar-refractivity contribution in [1.82, 2.24) is 0 Å². The van der Waals surface area contributed by atoms with E-state index in [1.807, 2.05) is 6.07 Å². The number of nitrogens with zero attached hydrogens (tertiary/aromatic N) is 1. The summed E-state index contributed by atoms with van der Waals surface area (Å²) in [5.74, 6) is 0. The molecular formula is C52H43NO2. The Hall–Kier alpha value is -6.06. The molecule has 0 aliphatic heterocycles. The molecule has 3 heteroatoms. The second-order valence-corrected chi connectivity index (χ2v) is 17.8. The molecular weight excluding hydrogens is 671 g/mol. The molecule has 0 radical (unpaired) electrons. The minimum Gasteiger partial charge on any atom is -0.456 e. The third-order valence-corrected chi connectivity index (χ3v) is 12.8. The Bertz CT molecular complexity index is 3090. The van der Waals surface area contributed by atoms with Crippen LogP contribution >= 0.6 is 0 Å². The number of benzene rings is 7. The Morgan fingerprint density at radius 2 is 1.05 bits per heavy atom. The van der Waals surface area contributed by atoms with Crippen LogP contribution < -0.4 is 4.90 Å². The van der Waals surface area contributed by atoms with Crippen LogP contribution in [0.3, 0.4) is 0 Å². The molecule has 0 unspecified atom stereocenters. The number of para-hydroxylation sites is 2. The summed E-state index contributed by atoms with van der Waals surface area (Å²) in [6.45, 7) is 16.2. The number of hydrogen-bond donors (Lipinski definition) is 0. The maximum atomic E-state index is 7.03. The van der Waals surface area contributed by atoms with Gasteiger partial charge in [0.15, 0.2) is 0 Å². The predicted octanol–water partition coefficient (Wildman–Crippen LogP) is 14.9. The van der Waals surface area contributed by atoms with Crippen molar-refractivity contribution in [3.05, 3.63) is 161 Å². The number of furan rings is 2. The molecule has 2 aliphatic carbocycles. The first-order chi connectivity index (χ1) is 26.4. The van der Waals surface area contributed by atoms with Gasteiger partial charge in [-0.3, -0.25) is 0 Å². The third kappa shape index (κ3) is 4.38. The molecule has 55 heavy (non-hydrogen) atoms. The number of fused-ring (bicyclic) bond motifs is 13. The second-order valence-electron chi connectivity index (χ2n) is 17.8. The first-order valence-corrected chi connectivity index (χ1v) is 19.5. The molecule has 0 fully saturated rings. The maximum Gasteiger partial charge on any atom is 0.143 e. The highest BCUT2D eigenvalue weighted by Crippen LogP contribution is 2.55. The Morgan fingerprint density at radius 3 is 1.91 bits per heavy atom. The summed E-state index contributed by atoms with van der Waals surface area (Å²) < 4.78 is 13.3. The van der Waals surface area contributed by atoms with Gasteiger partial charge in [0.25, 0.3) is 0 Å². The predicted molar refractivity (Wildman–Crippen MR) is 230 cm³/mol. The van der Waals surface area contributed by atoms with Crippen molar-refractivity contribution < 1.29 is 8.83 Å². The molecule has 0 atom stereocenters. The van der Waals surface area contributed by atoms with Gasteiger partial charge in [-0.15, -0.1) is 0 Å². The van der Waals surface area contributed by atoms with Gasteiger partial charge >= 0.3 is 0 Å². The van der Waals surface area contributed by atoms with Crippen LogP contribution in [0.15, 0.2) is 142 Å². The van der Waals surface area contributed by atoms with Crippen LogP contribution in [0, 0.1) is 0 Å². The van der Waals surface area contributed by atoms with Crippen LogP contribution in [0.5, 0.6) is 0 Å². The lowest BCUT2D eigenvalue weighted by atomic mass is 9.82. The largest absolute Gasteiger partial charge is 0.456 e. The normalized spacial score (nSPS) is 15.1. The van der Waals surface area contributed by atoms with E-state index in [0.717, 1.165) is 50.2 Å². The zero-order chi connectivity index (χ0) is 37.6. The summed E-state index contributed by atoms with van der Waals surface area (Å²) >= 11 is 0. The van der Waals surface area contributed by atoms with Gasteiger partial charge in [-0.05, 0) is 92.9 Å². The van der Waals surface area contributed by atoms with Gasteiger partial charge in [-0.25, -0.2) is 0 Å². The lowest BCUT2D eigenvalue weighted by Gasteiger charge is -2.29. The summed E-state index contributed by atoms with van der Waals surface area (Å²) in [6.07, 6.45) is 0. The van der Waals surface area contributed by atoms with Crippen molar-refractivity contribution in [2.24, 2.45) is 0 Å². The average molecular weight is 714 g/mol. The molecule has 2 heterocycles. The Labute approximate surface area is 321 Å². The summed E-state index contributed by atoms with van der Waals surface area (Å²) in [5.41, 5.74) is 18.4. The Balaban J connectivity index is 1.16. The van der Waals surface area contributed by atoms with E-state index in [-0.39, 0.29) is 16.2 Å². The van der Waals surface area contributed by atoms with Crippen molar-refractivity contribution in [1.29, 1.82) is 0 Å². The van der Waals surface area contributed by atoms with E-state index in [0.29, 0.717) is 0 Å². The zero-order valence-electron chi connectivity index (χ0n) is 32.5. The molecule has 0 spiro atoms. The summed E-state index contributed by atoms with van der Waals surface area (Å²) in [4.78, 5) is 2.43. The van der Waals surface area contributed by atoms with Crippen molar-refractivity contribution in [3.8, 4) is 22.3 Å². The van der Waals surface area contributed by atoms with Gasteiger partial charge in [0, 0.05) is 60.6 Å². The fourth-order valence-electron chi connectivity index (χ4n) is 9.94. The molecule has 268 valence electrons. The average Bonchev–Trinajstić information content (AvgIpc) is 3.87. The van der Waals surface area contributed by atoms with E-state index < -0.39 is 0 Å². The van der Waals surface area contributed by atoms with E-state index in [1.165, 1.54) is 60.8 Å². The van der Waals surface area contributed by atoms with E-state index >= 15 is 0 Å². The molecule has 0 bridgehead atoms.